The fraction of sp³-hybridized carbons (Fsp3) is 0.471. The van der Waals surface area contributed by atoms with E-state index in [4.69, 9.17) is 4.98 Å². The molecule has 2 heterocycles. The van der Waals surface area contributed by atoms with E-state index in [9.17, 15) is 0 Å². The lowest BCUT2D eigenvalue weighted by atomic mass is 10.0. The molecule has 0 bridgehead atoms. The van der Waals surface area contributed by atoms with Crippen molar-refractivity contribution in [1.82, 2.24) is 4.98 Å². The van der Waals surface area contributed by atoms with E-state index in [1.165, 1.54) is 53.9 Å². The number of fused-ring (bicyclic) bond motifs is 1. The zero-order chi connectivity index (χ0) is 14.1. The molecule has 1 fully saturated rings. The minimum absolute atomic E-state index is 0.977. The van der Waals surface area contributed by atoms with Gasteiger partial charge in [-0.1, -0.05) is 6.92 Å². The molecule has 1 aliphatic rings. The van der Waals surface area contributed by atoms with Gasteiger partial charge in [0.1, 0.15) is 0 Å². The van der Waals surface area contributed by atoms with Crippen molar-refractivity contribution in [3.8, 4) is 0 Å². The average Bonchev–Trinajstić information content (AvgIpc) is 3.00. The molecule has 20 heavy (non-hydrogen) atoms. The van der Waals surface area contributed by atoms with Gasteiger partial charge in [0.2, 0.25) is 0 Å². The van der Waals surface area contributed by atoms with Crippen LogP contribution >= 0.6 is 0 Å². The van der Waals surface area contributed by atoms with Gasteiger partial charge in [-0.2, -0.15) is 0 Å². The Bertz CT molecular complexity index is 628. The number of nitrogens with zero attached hydrogens (tertiary/aromatic N) is 2. The number of pyridine rings is 1. The average molecular weight is 269 g/mol. The lowest BCUT2D eigenvalue weighted by Gasteiger charge is -2.20. The number of hydrogen-bond donors (Lipinski definition) is 1. The summed E-state index contributed by atoms with van der Waals surface area (Å²) >= 11 is 0. The smallest absolute Gasteiger partial charge is 0.0727 e. The van der Waals surface area contributed by atoms with Crippen LogP contribution in [0.15, 0.2) is 18.2 Å². The third-order valence-electron chi connectivity index (χ3n) is 4.37. The van der Waals surface area contributed by atoms with Crippen LogP contribution in [0.4, 0.5) is 11.4 Å². The van der Waals surface area contributed by atoms with E-state index in [1.807, 2.05) is 7.05 Å². The molecule has 3 heteroatoms. The molecule has 0 aliphatic carbocycles. The van der Waals surface area contributed by atoms with Crippen LogP contribution in [0.1, 0.15) is 31.0 Å². The summed E-state index contributed by atoms with van der Waals surface area (Å²) in [6, 6.07) is 6.68. The molecule has 3 rings (SSSR count). The molecule has 1 aliphatic heterocycles. The van der Waals surface area contributed by atoms with Gasteiger partial charge in [-0.05, 0) is 49.9 Å². The van der Waals surface area contributed by atoms with Gasteiger partial charge in [0.05, 0.1) is 5.52 Å². The number of aryl methyl sites for hydroxylation is 1. The maximum Gasteiger partial charge on any atom is 0.0727 e. The van der Waals surface area contributed by atoms with Crippen molar-refractivity contribution in [1.29, 1.82) is 0 Å². The molecule has 1 aromatic carbocycles. The van der Waals surface area contributed by atoms with E-state index >= 15 is 0 Å². The lowest BCUT2D eigenvalue weighted by molar-refractivity contribution is 0.949. The van der Waals surface area contributed by atoms with Gasteiger partial charge < -0.3 is 10.2 Å². The quantitative estimate of drug-likeness (QED) is 0.920. The van der Waals surface area contributed by atoms with Crippen molar-refractivity contribution in [2.24, 2.45) is 0 Å². The van der Waals surface area contributed by atoms with Crippen molar-refractivity contribution < 1.29 is 0 Å². The predicted octanol–water partition coefficient (Wildman–Crippen LogP) is 3.75. The van der Waals surface area contributed by atoms with E-state index in [0.29, 0.717) is 0 Å². The Morgan fingerprint density at radius 1 is 1.25 bits per heavy atom. The summed E-state index contributed by atoms with van der Waals surface area (Å²) in [4.78, 5) is 7.29. The standard InChI is InChI=1S/C17H23N3/c1-4-15-12(2)17(18-3)14-11-13(7-8-16(14)19-15)20-9-5-6-10-20/h7-8,11H,4-6,9-10H2,1-3H3,(H,18,19). The maximum absolute atomic E-state index is 4.81. The van der Waals surface area contributed by atoms with Crippen LogP contribution in [-0.2, 0) is 6.42 Å². The third-order valence-corrected chi connectivity index (χ3v) is 4.37. The molecule has 2 aromatic rings. The molecule has 106 valence electrons. The summed E-state index contributed by atoms with van der Waals surface area (Å²) in [5.41, 5.74) is 6.13. The fourth-order valence-electron chi connectivity index (χ4n) is 3.24. The Hall–Kier alpha value is -1.77. The Morgan fingerprint density at radius 3 is 2.65 bits per heavy atom. The minimum Gasteiger partial charge on any atom is -0.387 e. The van der Waals surface area contributed by atoms with Gasteiger partial charge in [0, 0.05) is 42.6 Å². The third kappa shape index (κ3) is 2.11. The largest absolute Gasteiger partial charge is 0.387 e. The zero-order valence-corrected chi connectivity index (χ0v) is 12.7. The molecule has 0 saturated carbocycles. The van der Waals surface area contributed by atoms with Gasteiger partial charge in [-0.25, -0.2) is 0 Å². The monoisotopic (exact) mass is 269 g/mol. The molecule has 1 N–H and O–H groups in total. The molecule has 0 spiro atoms. The van der Waals surface area contributed by atoms with Crippen molar-refractivity contribution in [2.45, 2.75) is 33.1 Å². The Morgan fingerprint density at radius 2 is 2.00 bits per heavy atom. The molecular weight excluding hydrogens is 246 g/mol. The van der Waals surface area contributed by atoms with Gasteiger partial charge >= 0.3 is 0 Å². The number of hydrogen-bond acceptors (Lipinski definition) is 3. The minimum atomic E-state index is 0.977. The number of nitrogens with one attached hydrogen (secondary N) is 1. The summed E-state index contributed by atoms with van der Waals surface area (Å²) in [7, 11) is 2.00. The van der Waals surface area contributed by atoms with Crippen molar-refractivity contribution in [2.75, 3.05) is 30.4 Å². The summed E-state index contributed by atoms with van der Waals surface area (Å²) < 4.78 is 0. The first-order valence-corrected chi connectivity index (χ1v) is 7.60. The maximum atomic E-state index is 4.81. The Balaban J connectivity index is 2.17. The molecule has 0 unspecified atom stereocenters. The highest BCUT2D eigenvalue weighted by molar-refractivity contribution is 5.95. The van der Waals surface area contributed by atoms with Crippen LogP contribution in [0.3, 0.4) is 0 Å². The first-order valence-electron chi connectivity index (χ1n) is 7.60. The van der Waals surface area contributed by atoms with Crippen molar-refractivity contribution >= 4 is 22.3 Å². The molecule has 3 nitrogen and oxygen atoms in total. The summed E-state index contributed by atoms with van der Waals surface area (Å²) in [6.07, 6.45) is 3.59. The second kappa shape index (κ2) is 5.31. The van der Waals surface area contributed by atoms with Crippen LogP contribution in [0, 0.1) is 6.92 Å². The molecule has 1 aromatic heterocycles. The van der Waals surface area contributed by atoms with Crippen LogP contribution in [0.25, 0.3) is 10.9 Å². The zero-order valence-electron chi connectivity index (χ0n) is 12.7. The summed E-state index contributed by atoms with van der Waals surface area (Å²) in [6.45, 7) is 6.69. The number of anilines is 2. The first-order chi connectivity index (χ1) is 9.74. The fourth-order valence-corrected chi connectivity index (χ4v) is 3.24. The van der Waals surface area contributed by atoms with Gasteiger partial charge in [0.25, 0.3) is 0 Å². The Labute approximate surface area is 121 Å². The second-order valence-electron chi connectivity index (χ2n) is 5.56. The van der Waals surface area contributed by atoms with E-state index in [-0.39, 0.29) is 0 Å². The molecule has 0 radical (unpaired) electrons. The van der Waals surface area contributed by atoms with Crippen molar-refractivity contribution in [3.05, 3.63) is 29.5 Å². The van der Waals surface area contributed by atoms with Gasteiger partial charge in [-0.15, -0.1) is 0 Å². The highest BCUT2D eigenvalue weighted by atomic mass is 15.1. The SMILES string of the molecule is CCc1nc2ccc(N3CCCC3)cc2c(NC)c1C. The second-order valence-corrected chi connectivity index (χ2v) is 5.56. The molecule has 1 saturated heterocycles. The highest BCUT2D eigenvalue weighted by Crippen LogP contribution is 2.32. The Kier molecular flexibility index (Phi) is 3.51. The van der Waals surface area contributed by atoms with E-state index in [0.717, 1.165) is 11.9 Å². The summed E-state index contributed by atoms with van der Waals surface area (Å²) in [5, 5.41) is 4.61. The lowest BCUT2D eigenvalue weighted by Crippen LogP contribution is -2.17. The van der Waals surface area contributed by atoms with Crippen molar-refractivity contribution in [3.63, 3.8) is 0 Å². The summed E-state index contributed by atoms with van der Waals surface area (Å²) in [5.74, 6) is 0. The van der Waals surface area contributed by atoms with Crippen LogP contribution in [0.5, 0.6) is 0 Å². The van der Waals surface area contributed by atoms with Gasteiger partial charge in [0.15, 0.2) is 0 Å². The highest BCUT2D eigenvalue weighted by Gasteiger charge is 2.15. The van der Waals surface area contributed by atoms with Crippen LogP contribution < -0.4 is 10.2 Å². The first kappa shape index (κ1) is 13.2. The van der Waals surface area contributed by atoms with Crippen LogP contribution in [0.2, 0.25) is 0 Å². The van der Waals surface area contributed by atoms with Crippen LogP contribution in [-0.4, -0.2) is 25.1 Å². The molecular formula is C17H23N3. The van der Waals surface area contributed by atoms with E-state index < -0.39 is 0 Å². The van der Waals surface area contributed by atoms with Gasteiger partial charge in [-0.3, -0.25) is 4.98 Å². The number of benzene rings is 1. The topological polar surface area (TPSA) is 28.2 Å². The number of aromatic nitrogens is 1. The molecule has 0 atom stereocenters. The van der Waals surface area contributed by atoms with E-state index in [2.05, 4.69) is 42.3 Å². The number of rotatable bonds is 3. The predicted molar refractivity (Wildman–Crippen MR) is 86.9 cm³/mol. The molecule has 0 amide bonds. The van der Waals surface area contributed by atoms with E-state index in [1.54, 1.807) is 0 Å². The normalized spacial score (nSPS) is 15.1.